The fourth-order valence-corrected chi connectivity index (χ4v) is 3.95. The normalized spacial score (nSPS) is 11.1. The minimum atomic E-state index is -0.308. The SMILES string of the molecule is COc1nn(C)c(=O)c(-n2c(Br)c(Br)c3ccc(Br)cc32)c1OC. The first-order chi connectivity index (χ1) is 11.4. The number of methoxy groups -OCH3 is 2. The smallest absolute Gasteiger partial charge is 0.294 e. The third-order valence-corrected chi connectivity index (χ3v) is 6.16. The van der Waals surface area contributed by atoms with Crippen molar-refractivity contribution in [3.63, 3.8) is 0 Å². The summed E-state index contributed by atoms with van der Waals surface area (Å²) in [6.07, 6.45) is 0. The molecule has 6 nitrogen and oxygen atoms in total. The molecule has 9 heteroatoms. The van der Waals surface area contributed by atoms with Gasteiger partial charge in [0.25, 0.3) is 11.4 Å². The molecule has 0 spiro atoms. The lowest BCUT2D eigenvalue weighted by Crippen LogP contribution is -2.26. The van der Waals surface area contributed by atoms with Crippen molar-refractivity contribution in [1.29, 1.82) is 0 Å². The summed E-state index contributed by atoms with van der Waals surface area (Å²) in [4.78, 5) is 12.8. The first kappa shape index (κ1) is 17.5. The second-order valence-electron chi connectivity index (χ2n) is 4.92. The predicted molar refractivity (Wildman–Crippen MR) is 103 cm³/mol. The molecular weight excluding hydrogens is 510 g/mol. The van der Waals surface area contributed by atoms with Crippen LogP contribution < -0.4 is 15.0 Å². The Morgan fingerprint density at radius 3 is 2.46 bits per heavy atom. The zero-order valence-corrected chi connectivity index (χ0v) is 17.7. The lowest BCUT2D eigenvalue weighted by molar-refractivity contribution is 0.329. The maximum atomic E-state index is 12.8. The van der Waals surface area contributed by atoms with Gasteiger partial charge in [0.2, 0.25) is 5.75 Å². The van der Waals surface area contributed by atoms with E-state index in [2.05, 4.69) is 52.9 Å². The third kappa shape index (κ3) is 2.58. The van der Waals surface area contributed by atoms with Crippen LogP contribution in [0.2, 0.25) is 0 Å². The summed E-state index contributed by atoms with van der Waals surface area (Å²) in [6, 6.07) is 5.82. The highest BCUT2D eigenvalue weighted by atomic mass is 79.9. The molecule has 0 saturated carbocycles. The van der Waals surface area contributed by atoms with Gasteiger partial charge in [0.15, 0.2) is 5.69 Å². The van der Waals surface area contributed by atoms with Crippen LogP contribution in [0.4, 0.5) is 0 Å². The van der Waals surface area contributed by atoms with Gasteiger partial charge >= 0.3 is 0 Å². The standard InChI is InChI=1S/C15H12Br3N3O3/c1-20-15(22)11(12(23-2)14(19-20)24-3)21-9-6-7(16)4-5-8(9)10(17)13(21)18/h4-6H,1-3H3. The maximum Gasteiger partial charge on any atom is 0.294 e. The van der Waals surface area contributed by atoms with Gasteiger partial charge in [0, 0.05) is 16.9 Å². The van der Waals surface area contributed by atoms with Gasteiger partial charge in [0.1, 0.15) is 4.60 Å². The molecule has 0 radical (unpaired) electrons. The molecule has 0 aliphatic rings. The second-order valence-corrected chi connectivity index (χ2v) is 7.38. The number of ether oxygens (including phenoxy) is 2. The molecule has 3 aromatic rings. The van der Waals surface area contributed by atoms with E-state index >= 15 is 0 Å². The maximum absolute atomic E-state index is 12.8. The Labute approximate surface area is 162 Å². The zero-order chi connectivity index (χ0) is 17.6. The van der Waals surface area contributed by atoms with Crippen molar-refractivity contribution < 1.29 is 9.47 Å². The Morgan fingerprint density at radius 2 is 1.83 bits per heavy atom. The molecular formula is C15H12Br3N3O3. The highest BCUT2D eigenvalue weighted by molar-refractivity contribution is 9.13. The highest BCUT2D eigenvalue weighted by Gasteiger charge is 2.25. The van der Waals surface area contributed by atoms with E-state index in [1.54, 1.807) is 11.6 Å². The van der Waals surface area contributed by atoms with E-state index in [1.807, 2.05) is 18.2 Å². The molecule has 0 aliphatic heterocycles. The minimum absolute atomic E-state index is 0.231. The van der Waals surface area contributed by atoms with Gasteiger partial charge in [-0.25, -0.2) is 4.68 Å². The second kappa shape index (κ2) is 6.53. The molecule has 0 amide bonds. The average molecular weight is 522 g/mol. The Kier molecular flexibility index (Phi) is 4.76. The molecule has 126 valence electrons. The van der Waals surface area contributed by atoms with E-state index in [0.29, 0.717) is 10.3 Å². The summed E-state index contributed by atoms with van der Waals surface area (Å²) in [5.74, 6) is 0.500. The third-order valence-electron chi connectivity index (χ3n) is 3.58. The minimum Gasteiger partial charge on any atom is -0.490 e. The van der Waals surface area contributed by atoms with Crippen LogP contribution in [0.5, 0.6) is 11.6 Å². The van der Waals surface area contributed by atoms with Crippen molar-refractivity contribution in [3.05, 3.63) is 42.1 Å². The van der Waals surface area contributed by atoms with Crippen molar-refractivity contribution in [1.82, 2.24) is 14.3 Å². The monoisotopic (exact) mass is 519 g/mol. The van der Waals surface area contributed by atoms with Gasteiger partial charge in [-0.15, -0.1) is 5.10 Å². The molecule has 0 bridgehead atoms. The Hall–Kier alpha value is -1.32. The molecule has 0 fully saturated rings. The number of hydrogen-bond donors (Lipinski definition) is 0. The van der Waals surface area contributed by atoms with Gasteiger partial charge in [0.05, 0.1) is 24.2 Å². The van der Waals surface area contributed by atoms with Crippen molar-refractivity contribution >= 4 is 58.7 Å². The van der Waals surface area contributed by atoms with Gasteiger partial charge in [-0.05, 0) is 44.0 Å². The number of benzene rings is 1. The van der Waals surface area contributed by atoms with E-state index in [9.17, 15) is 4.79 Å². The molecule has 0 atom stereocenters. The van der Waals surface area contributed by atoms with Crippen LogP contribution in [0.3, 0.4) is 0 Å². The predicted octanol–water partition coefficient (Wildman–Crippen LogP) is 4.03. The molecule has 1 aromatic carbocycles. The van der Waals surface area contributed by atoms with E-state index < -0.39 is 0 Å². The van der Waals surface area contributed by atoms with E-state index in [4.69, 9.17) is 9.47 Å². The van der Waals surface area contributed by atoms with Crippen molar-refractivity contribution in [2.45, 2.75) is 0 Å². The van der Waals surface area contributed by atoms with Crippen LogP contribution in [-0.2, 0) is 7.05 Å². The molecule has 3 rings (SSSR count). The Bertz CT molecular complexity index is 1010. The Balaban J connectivity index is 2.53. The number of aromatic nitrogens is 3. The topological polar surface area (TPSA) is 58.3 Å². The van der Waals surface area contributed by atoms with Crippen LogP contribution in [0.25, 0.3) is 16.6 Å². The number of halogens is 3. The van der Waals surface area contributed by atoms with Gasteiger partial charge in [-0.1, -0.05) is 22.0 Å². The Morgan fingerprint density at radius 1 is 1.12 bits per heavy atom. The summed E-state index contributed by atoms with van der Waals surface area (Å²) in [5.41, 5.74) is 0.831. The van der Waals surface area contributed by atoms with Crippen LogP contribution in [-0.4, -0.2) is 28.6 Å². The van der Waals surface area contributed by atoms with Crippen LogP contribution in [0, 0.1) is 0 Å². The van der Waals surface area contributed by atoms with Crippen molar-refractivity contribution in [3.8, 4) is 17.3 Å². The van der Waals surface area contributed by atoms with Crippen LogP contribution in [0.15, 0.2) is 36.5 Å². The van der Waals surface area contributed by atoms with Gasteiger partial charge < -0.3 is 9.47 Å². The quantitative estimate of drug-likeness (QED) is 0.522. The van der Waals surface area contributed by atoms with Crippen LogP contribution in [0.1, 0.15) is 0 Å². The van der Waals surface area contributed by atoms with E-state index in [1.165, 1.54) is 18.9 Å². The lowest BCUT2D eigenvalue weighted by Gasteiger charge is -2.15. The molecule has 2 aromatic heterocycles. The molecule has 0 aliphatic carbocycles. The highest BCUT2D eigenvalue weighted by Crippen LogP contribution is 2.40. The van der Waals surface area contributed by atoms with Crippen LogP contribution >= 0.6 is 47.8 Å². The fraction of sp³-hybridized carbons (Fsp3) is 0.200. The molecule has 0 unspecified atom stereocenters. The summed E-state index contributed by atoms with van der Waals surface area (Å²) in [6.45, 7) is 0. The zero-order valence-electron chi connectivity index (χ0n) is 12.9. The summed E-state index contributed by atoms with van der Waals surface area (Å²) < 4.78 is 16.1. The average Bonchev–Trinajstić information content (AvgIpc) is 2.80. The van der Waals surface area contributed by atoms with E-state index in [-0.39, 0.29) is 17.2 Å². The number of fused-ring (bicyclic) bond motifs is 1. The fourth-order valence-electron chi connectivity index (χ4n) is 2.50. The van der Waals surface area contributed by atoms with Crippen molar-refractivity contribution in [2.75, 3.05) is 14.2 Å². The first-order valence-electron chi connectivity index (χ1n) is 6.75. The number of aryl methyl sites for hydroxylation is 1. The number of nitrogens with zero attached hydrogens (tertiary/aromatic N) is 3. The molecule has 0 saturated heterocycles. The number of rotatable bonds is 3. The van der Waals surface area contributed by atoms with Crippen molar-refractivity contribution in [2.24, 2.45) is 7.05 Å². The number of hydrogen-bond acceptors (Lipinski definition) is 4. The van der Waals surface area contributed by atoms with E-state index in [0.717, 1.165) is 19.8 Å². The molecule has 0 N–H and O–H groups in total. The van der Waals surface area contributed by atoms with Gasteiger partial charge in [-0.3, -0.25) is 9.36 Å². The van der Waals surface area contributed by atoms with Gasteiger partial charge in [-0.2, -0.15) is 0 Å². The summed E-state index contributed by atoms with van der Waals surface area (Å²) >= 11 is 10.6. The summed E-state index contributed by atoms with van der Waals surface area (Å²) in [5, 5.41) is 5.04. The first-order valence-corrected chi connectivity index (χ1v) is 9.13. The summed E-state index contributed by atoms with van der Waals surface area (Å²) in [7, 11) is 4.53. The molecule has 2 heterocycles. The largest absolute Gasteiger partial charge is 0.490 e. The lowest BCUT2D eigenvalue weighted by atomic mass is 10.2. The molecule has 24 heavy (non-hydrogen) atoms.